The predicted molar refractivity (Wildman–Crippen MR) is 83.7 cm³/mol. The van der Waals surface area contributed by atoms with Crippen molar-refractivity contribution in [3.8, 4) is 0 Å². The lowest BCUT2D eigenvalue weighted by Crippen LogP contribution is -2.42. The van der Waals surface area contributed by atoms with Gasteiger partial charge in [-0.3, -0.25) is 4.79 Å². The third kappa shape index (κ3) is 4.08. The van der Waals surface area contributed by atoms with Crippen LogP contribution in [0.25, 0.3) is 0 Å². The maximum atomic E-state index is 12.2. The quantitative estimate of drug-likeness (QED) is 0.664. The number of nitrogens with zero attached hydrogens (tertiary/aromatic N) is 1. The molecule has 2 aliphatic rings. The minimum absolute atomic E-state index is 0.102. The molecule has 122 valence electrons. The Morgan fingerprint density at radius 3 is 2.64 bits per heavy atom. The van der Waals surface area contributed by atoms with Gasteiger partial charge in [-0.1, -0.05) is 5.16 Å². The highest BCUT2D eigenvalue weighted by atomic mass is 16.5. The van der Waals surface area contributed by atoms with E-state index in [9.17, 15) is 4.79 Å². The van der Waals surface area contributed by atoms with Crippen LogP contribution in [0.2, 0.25) is 0 Å². The molecule has 6 heteroatoms. The van der Waals surface area contributed by atoms with Crippen LogP contribution in [0.3, 0.4) is 0 Å². The van der Waals surface area contributed by atoms with Gasteiger partial charge < -0.3 is 20.9 Å². The highest BCUT2D eigenvalue weighted by molar-refractivity contribution is 5.92. The zero-order valence-electron chi connectivity index (χ0n) is 13.0. The third-order valence-corrected chi connectivity index (χ3v) is 4.62. The standard InChI is InChI=1S/C16H26N4O2/c17-8-1-9-18-12-4-6-13(7-5-12)19-16(21)14-10-15(22-20-14)11-2-3-11/h10-13,18H,1-9,17H2,(H,19,21). The van der Waals surface area contributed by atoms with Crippen molar-refractivity contribution in [1.82, 2.24) is 15.8 Å². The first kappa shape index (κ1) is 15.5. The van der Waals surface area contributed by atoms with Gasteiger partial charge in [-0.05, 0) is 58.0 Å². The third-order valence-electron chi connectivity index (χ3n) is 4.62. The lowest BCUT2D eigenvalue weighted by atomic mass is 9.91. The summed E-state index contributed by atoms with van der Waals surface area (Å²) in [5.41, 5.74) is 5.92. The molecule has 0 saturated heterocycles. The largest absolute Gasteiger partial charge is 0.360 e. The Morgan fingerprint density at radius 2 is 1.95 bits per heavy atom. The van der Waals surface area contributed by atoms with Crippen LogP contribution >= 0.6 is 0 Å². The van der Waals surface area contributed by atoms with Crippen LogP contribution in [-0.4, -0.2) is 36.2 Å². The van der Waals surface area contributed by atoms with E-state index in [1.807, 2.05) is 0 Å². The summed E-state index contributed by atoms with van der Waals surface area (Å²) in [6.07, 6.45) is 7.54. The average molecular weight is 306 g/mol. The van der Waals surface area contributed by atoms with Crippen LogP contribution in [0, 0.1) is 0 Å². The normalized spacial score (nSPS) is 25.1. The Morgan fingerprint density at radius 1 is 1.23 bits per heavy atom. The minimum atomic E-state index is -0.102. The van der Waals surface area contributed by atoms with Crippen molar-refractivity contribution in [3.05, 3.63) is 17.5 Å². The van der Waals surface area contributed by atoms with Crippen molar-refractivity contribution in [3.63, 3.8) is 0 Å². The van der Waals surface area contributed by atoms with Gasteiger partial charge in [0, 0.05) is 24.1 Å². The molecule has 3 rings (SSSR count). The maximum absolute atomic E-state index is 12.2. The SMILES string of the molecule is NCCCNC1CCC(NC(=O)c2cc(C3CC3)on2)CC1. The fourth-order valence-corrected chi connectivity index (χ4v) is 3.07. The molecular formula is C16H26N4O2. The van der Waals surface area contributed by atoms with E-state index in [0.29, 0.717) is 17.7 Å². The Labute approximate surface area is 131 Å². The van der Waals surface area contributed by atoms with Crippen molar-refractivity contribution in [2.75, 3.05) is 13.1 Å². The number of nitrogens with two attached hydrogens (primary N) is 1. The lowest BCUT2D eigenvalue weighted by Gasteiger charge is -2.29. The predicted octanol–water partition coefficient (Wildman–Crippen LogP) is 1.53. The second-order valence-corrected chi connectivity index (χ2v) is 6.51. The number of hydrogen-bond acceptors (Lipinski definition) is 5. The Bertz CT molecular complexity index is 490. The Kier molecular flexibility index (Phi) is 5.10. The van der Waals surface area contributed by atoms with E-state index in [-0.39, 0.29) is 11.9 Å². The van der Waals surface area contributed by atoms with Gasteiger partial charge in [-0.25, -0.2) is 0 Å². The second kappa shape index (κ2) is 7.24. The molecule has 1 aromatic heterocycles. The Balaban J connectivity index is 1.40. The molecule has 2 fully saturated rings. The molecule has 0 bridgehead atoms. The van der Waals surface area contributed by atoms with Gasteiger partial charge in [0.05, 0.1) is 0 Å². The molecular weight excluding hydrogens is 280 g/mol. The molecule has 0 atom stereocenters. The highest BCUT2D eigenvalue weighted by Crippen LogP contribution is 2.40. The molecule has 0 radical (unpaired) electrons. The van der Waals surface area contributed by atoms with Gasteiger partial charge >= 0.3 is 0 Å². The van der Waals surface area contributed by atoms with E-state index in [0.717, 1.165) is 63.8 Å². The van der Waals surface area contributed by atoms with Gasteiger partial charge in [0.2, 0.25) is 0 Å². The lowest BCUT2D eigenvalue weighted by molar-refractivity contribution is 0.0915. The van der Waals surface area contributed by atoms with E-state index in [2.05, 4.69) is 15.8 Å². The molecule has 22 heavy (non-hydrogen) atoms. The molecule has 6 nitrogen and oxygen atoms in total. The number of carbonyl (C=O) groups is 1. The van der Waals surface area contributed by atoms with Crippen molar-refractivity contribution in [2.24, 2.45) is 5.73 Å². The fourth-order valence-electron chi connectivity index (χ4n) is 3.07. The molecule has 1 amide bonds. The van der Waals surface area contributed by atoms with Gasteiger partial charge in [0.15, 0.2) is 5.69 Å². The summed E-state index contributed by atoms with van der Waals surface area (Å²) in [5, 5.41) is 10.5. The Hall–Kier alpha value is -1.40. The fraction of sp³-hybridized carbons (Fsp3) is 0.750. The number of amides is 1. The summed E-state index contributed by atoms with van der Waals surface area (Å²) in [7, 11) is 0. The summed E-state index contributed by atoms with van der Waals surface area (Å²) >= 11 is 0. The molecule has 0 aliphatic heterocycles. The van der Waals surface area contributed by atoms with E-state index in [1.54, 1.807) is 6.07 Å². The van der Waals surface area contributed by atoms with Gasteiger partial charge in [-0.15, -0.1) is 0 Å². The van der Waals surface area contributed by atoms with E-state index in [4.69, 9.17) is 10.3 Å². The van der Waals surface area contributed by atoms with Crippen molar-refractivity contribution in [2.45, 2.75) is 62.9 Å². The number of nitrogens with one attached hydrogen (secondary N) is 2. The first-order valence-corrected chi connectivity index (χ1v) is 8.47. The molecule has 1 heterocycles. The zero-order valence-corrected chi connectivity index (χ0v) is 13.0. The van der Waals surface area contributed by atoms with Gasteiger partial charge in [0.1, 0.15) is 5.76 Å². The number of aromatic nitrogens is 1. The molecule has 2 saturated carbocycles. The molecule has 0 aromatic carbocycles. The van der Waals surface area contributed by atoms with Crippen molar-refractivity contribution < 1.29 is 9.32 Å². The summed E-state index contributed by atoms with van der Waals surface area (Å²) in [6, 6.07) is 2.61. The smallest absolute Gasteiger partial charge is 0.273 e. The summed E-state index contributed by atoms with van der Waals surface area (Å²) in [4.78, 5) is 12.2. The molecule has 4 N–H and O–H groups in total. The summed E-state index contributed by atoms with van der Waals surface area (Å²) < 4.78 is 5.24. The first-order valence-electron chi connectivity index (χ1n) is 8.47. The van der Waals surface area contributed by atoms with Crippen molar-refractivity contribution >= 4 is 5.91 Å². The van der Waals surface area contributed by atoms with Crippen LogP contribution in [0.4, 0.5) is 0 Å². The highest BCUT2D eigenvalue weighted by Gasteiger charge is 2.29. The van der Waals surface area contributed by atoms with Crippen LogP contribution < -0.4 is 16.4 Å². The summed E-state index contributed by atoms with van der Waals surface area (Å²) in [6.45, 7) is 1.72. The van der Waals surface area contributed by atoms with E-state index in [1.165, 1.54) is 0 Å². The van der Waals surface area contributed by atoms with Crippen LogP contribution in [0.5, 0.6) is 0 Å². The molecule has 0 unspecified atom stereocenters. The van der Waals surface area contributed by atoms with Crippen LogP contribution in [0.1, 0.15) is 67.1 Å². The number of rotatable bonds is 7. The summed E-state index contributed by atoms with van der Waals surface area (Å²) in [5.74, 6) is 1.25. The molecule has 0 spiro atoms. The van der Waals surface area contributed by atoms with E-state index < -0.39 is 0 Å². The van der Waals surface area contributed by atoms with Crippen molar-refractivity contribution in [1.29, 1.82) is 0 Å². The number of hydrogen-bond donors (Lipinski definition) is 3. The maximum Gasteiger partial charge on any atom is 0.273 e. The second-order valence-electron chi connectivity index (χ2n) is 6.51. The van der Waals surface area contributed by atoms with E-state index >= 15 is 0 Å². The van der Waals surface area contributed by atoms with Gasteiger partial charge in [-0.2, -0.15) is 0 Å². The number of carbonyl (C=O) groups excluding carboxylic acids is 1. The van der Waals surface area contributed by atoms with Gasteiger partial charge in [0.25, 0.3) is 5.91 Å². The first-order chi connectivity index (χ1) is 10.8. The molecule has 2 aliphatic carbocycles. The van der Waals surface area contributed by atoms with Crippen LogP contribution in [-0.2, 0) is 0 Å². The topological polar surface area (TPSA) is 93.2 Å². The minimum Gasteiger partial charge on any atom is -0.360 e. The monoisotopic (exact) mass is 306 g/mol. The molecule has 1 aromatic rings. The van der Waals surface area contributed by atoms with Crippen LogP contribution in [0.15, 0.2) is 10.6 Å². The average Bonchev–Trinajstić information content (AvgIpc) is 3.26. The zero-order chi connectivity index (χ0) is 15.4.